The number of pyridine rings is 5. The van der Waals surface area contributed by atoms with E-state index < -0.39 is 0 Å². The quantitative estimate of drug-likeness (QED) is 0.0532. The minimum Gasteiger partial charge on any atom is -0.462 e. The maximum absolute atomic E-state index is 12.6. The molecule has 0 amide bonds. The summed E-state index contributed by atoms with van der Waals surface area (Å²) in [6, 6.07) is 28.7. The summed E-state index contributed by atoms with van der Waals surface area (Å²) in [5.41, 5.74) is 24.6. The number of benzene rings is 6. The zero-order chi connectivity index (χ0) is 89.4. The lowest BCUT2D eigenvalue weighted by Crippen LogP contribution is -2.38. The normalized spacial score (nSPS) is 14.9. The first-order valence-corrected chi connectivity index (χ1v) is 44.4. The van der Waals surface area contributed by atoms with E-state index in [0.29, 0.717) is 96.6 Å². The Morgan fingerprint density at radius 2 is 0.677 bits per heavy atom. The molecule has 658 valence electrons. The second-order valence-electron chi connectivity index (χ2n) is 34.3. The van der Waals surface area contributed by atoms with Gasteiger partial charge in [-0.3, -0.25) is 24.9 Å². The molecule has 23 heteroatoms. The van der Waals surface area contributed by atoms with Gasteiger partial charge in [-0.25, -0.2) is 24.0 Å². The third-order valence-corrected chi connectivity index (χ3v) is 24.0. The third-order valence-electron chi connectivity index (χ3n) is 23.8. The highest BCUT2D eigenvalue weighted by molar-refractivity contribution is 6.30. The lowest BCUT2D eigenvalue weighted by Gasteiger charge is -2.39. The molecule has 0 atom stereocenters. The maximum Gasteiger partial charge on any atom is 0.341 e. The fourth-order valence-electron chi connectivity index (χ4n) is 17.4. The average Bonchev–Trinajstić information content (AvgIpc) is 0.779. The highest BCUT2D eigenvalue weighted by atomic mass is 35.5. The lowest BCUT2D eigenvalue weighted by molar-refractivity contribution is 0.0517. The Labute approximate surface area is 735 Å². The lowest BCUT2D eigenvalue weighted by atomic mass is 9.82. The summed E-state index contributed by atoms with van der Waals surface area (Å²) in [4.78, 5) is 94.3. The SMILES string of the molecule is CCOC(=O)c1cnc2c(C)cc(C)cc2c1N1CCC(C)(C)CC1.CCOC(=O)c1cnc2c(C)cc(C)cc2c1N1CCC(C)CC1.CCOC(=O)c1cnc2c(C)cc(C)cc2c1N1CCC(CO)CC1.CCOC(=O)c1cnc2c(C)cc(C)cc2c1N1CCC(O)CC1.CCOC(=O)c1cnc2c(C)cc(C)cc2c1NCc1ccc(Cl)cc1. The van der Waals surface area contributed by atoms with Crippen LogP contribution in [0.15, 0.2) is 116 Å². The number of hydrogen-bond acceptors (Lipinski definition) is 22. The highest BCUT2D eigenvalue weighted by Crippen LogP contribution is 2.42. The molecule has 5 aromatic heterocycles. The Balaban J connectivity index is 0.000000151. The summed E-state index contributed by atoms with van der Waals surface area (Å²) in [6.07, 6.45) is 15.8. The number of ether oxygens (including phenoxy) is 5. The number of esters is 5. The number of halogens is 1. The van der Waals surface area contributed by atoms with E-state index in [0.717, 1.165) is 230 Å². The number of rotatable bonds is 18. The number of nitrogens with one attached hydrogen (secondary N) is 1. The van der Waals surface area contributed by atoms with Crippen LogP contribution in [0.5, 0.6) is 0 Å². The molecule has 9 heterocycles. The third kappa shape index (κ3) is 22.5. The van der Waals surface area contributed by atoms with Crippen molar-refractivity contribution in [3.63, 3.8) is 0 Å². The number of aromatic nitrogens is 5. The Hall–Kier alpha value is -11.1. The maximum atomic E-state index is 12.6. The van der Waals surface area contributed by atoms with Crippen molar-refractivity contribution in [1.82, 2.24) is 24.9 Å². The Morgan fingerprint density at radius 1 is 0.403 bits per heavy atom. The zero-order valence-corrected chi connectivity index (χ0v) is 76.6. The van der Waals surface area contributed by atoms with Gasteiger partial charge in [-0.1, -0.05) is 103 Å². The molecule has 0 unspecified atom stereocenters. The van der Waals surface area contributed by atoms with Gasteiger partial charge in [0.2, 0.25) is 0 Å². The van der Waals surface area contributed by atoms with Gasteiger partial charge < -0.3 is 58.8 Å². The van der Waals surface area contributed by atoms with E-state index in [9.17, 15) is 34.2 Å². The van der Waals surface area contributed by atoms with Crippen LogP contribution in [0.4, 0.5) is 28.4 Å². The standard InChI is InChI=1S/C21H21ClN2O2.C21H28N2O2.C20H26N2O3.C20H26N2O2.C19H24N2O3/c1-4-26-21(25)18-12-24-19-14(3)9-13(2)10-17(19)20(18)23-11-15-5-7-16(22)8-6-15;1-6-25-20(24)17-13-22-18-15(3)11-14(2)12-16(18)19(17)23-9-7-21(4,5)8-10-23;1-4-25-20(24)17-11-21-18-14(3)9-13(2)10-16(18)19(17)22-7-5-15(12-23)6-8-22;1-5-24-20(23)17-12-21-18-15(4)10-14(3)11-16(18)19(17)22-8-6-13(2)7-9-22;1-4-24-19(23)16-11-20-17-13(3)9-12(2)10-15(17)18(16)21-7-5-14(22)6-8-21/h5-10,12H,4,11H2,1-3H3,(H,23,24);11-13H,6-10H2,1-5H3;9-11,15,23H,4-8,12H2,1-3H3;10-13H,5-9H2,1-4H3;9-11,14,22H,4-8H2,1-3H3. The van der Waals surface area contributed by atoms with Gasteiger partial charge in [0.15, 0.2) is 0 Å². The first-order chi connectivity index (χ1) is 59.4. The fraction of sp³-hybridized carbons (Fsp3) is 0.446. The van der Waals surface area contributed by atoms with Crippen molar-refractivity contribution in [2.45, 2.75) is 189 Å². The topological polar surface area (TPSA) is 261 Å². The Kier molecular flexibility index (Phi) is 32.1. The number of hydrogen-bond donors (Lipinski definition) is 3. The van der Waals surface area contributed by atoms with Crippen molar-refractivity contribution >= 4 is 124 Å². The molecule has 4 aliphatic heterocycles. The molecule has 0 saturated carbocycles. The highest BCUT2D eigenvalue weighted by Gasteiger charge is 2.33. The van der Waals surface area contributed by atoms with Gasteiger partial charge in [0.25, 0.3) is 0 Å². The molecule has 22 nitrogen and oxygen atoms in total. The van der Waals surface area contributed by atoms with Crippen LogP contribution >= 0.6 is 11.6 Å². The van der Waals surface area contributed by atoms with Crippen LogP contribution in [0, 0.1) is 86.5 Å². The molecule has 4 saturated heterocycles. The molecule has 124 heavy (non-hydrogen) atoms. The molecule has 11 aromatic rings. The molecule has 4 fully saturated rings. The van der Waals surface area contributed by atoms with Crippen molar-refractivity contribution in [2.75, 3.05) is 117 Å². The number of nitrogens with zero attached hydrogens (tertiary/aromatic N) is 9. The van der Waals surface area contributed by atoms with Gasteiger partial charge in [-0.15, -0.1) is 0 Å². The van der Waals surface area contributed by atoms with Gasteiger partial charge >= 0.3 is 29.8 Å². The number of aryl methyl sites for hydroxylation is 10. The minimum absolute atomic E-state index is 0.230. The summed E-state index contributed by atoms with van der Waals surface area (Å²) >= 11 is 5.95. The van der Waals surface area contributed by atoms with E-state index in [1.807, 2.05) is 85.7 Å². The first-order valence-electron chi connectivity index (χ1n) is 44.0. The van der Waals surface area contributed by atoms with Gasteiger partial charge in [-0.2, -0.15) is 0 Å². The number of aliphatic hydroxyl groups excluding tert-OH is 2. The van der Waals surface area contributed by atoms with E-state index >= 15 is 0 Å². The predicted octanol–water partition coefficient (Wildman–Crippen LogP) is 20.4. The van der Waals surface area contributed by atoms with Gasteiger partial charge in [0, 0.05) is 128 Å². The second kappa shape index (κ2) is 42.5. The summed E-state index contributed by atoms with van der Waals surface area (Å²) in [5.74, 6) is -0.513. The predicted molar refractivity (Wildman–Crippen MR) is 500 cm³/mol. The van der Waals surface area contributed by atoms with Crippen molar-refractivity contribution in [3.05, 3.63) is 210 Å². The van der Waals surface area contributed by atoms with E-state index in [-0.39, 0.29) is 42.6 Å². The van der Waals surface area contributed by atoms with Crippen LogP contribution < -0.4 is 24.9 Å². The van der Waals surface area contributed by atoms with Crippen molar-refractivity contribution in [1.29, 1.82) is 0 Å². The molecule has 0 spiro atoms. The van der Waals surface area contributed by atoms with E-state index in [4.69, 9.17) is 35.3 Å². The largest absolute Gasteiger partial charge is 0.462 e. The van der Waals surface area contributed by atoms with Gasteiger partial charge in [0.1, 0.15) is 27.8 Å². The number of carbonyl (C=O) groups excluding carboxylic acids is 5. The van der Waals surface area contributed by atoms with Crippen LogP contribution in [0.25, 0.3) is 54.5 Å². The summed E-state index contributed by atoms with van der Waals surface area (Å²) in [6.45, 7) is 46.1. The van der Waals surface area contributed by atoms with Crippen LogP contribution in [-0.2, 0) is 30.2 Å². The van der Waals surface area contributed by atoms with Crippen LogP contribution in [0.3, 0.4) is 0 Å². The number of anilines is 5. The summed E-state index contributed by atoms with van der Waals surface area (Å²) < 4.78 is 26.3. The molecule has 0 aliphatic carbocycles. The molecular weight excluding hydrogens is 1580 g/mol. The van der Waals surface area contributed by atoms with E-state index in [1.54, 1.807) is 44.8 Å². The van der Waals surface area contributed by atoms with Gasteiger partial charge in [0.05, 0.1) is 95.2 Å². The number of piperidine rings is 4. The molecule has 4 aliphatic rings. The van der Waals surface area contributed by atoms with Crippen LogP contribution in [0.2, 0.25) is 5.02 Å². The first kappa shape index (κ1) is 93.6. The monoisotopic (exact) mass is 1700 g/mol. The van der Waals surface area contributed by atoms with Crippen molar-refractivity contribution in [2.24, 2.45) is 17.3 Å². The van der Waals surface area contributed by atoms with Crippen molar-refractivity contribution < 1.29 is 57.9 Å². The second-order valence-corrected chi connectivity index (χ2v) is 34.7. The molecule has 3 N–H and O–H groups in total. The fourth-order valence-corrected chi connectivity index (χ4v) is 17.5. The molecule has 0 radical (unpaired) electrons. The van der Waals surface area contributed by atoms with E-state index in [1.165, 1.54) is 11.1 Å². The van der Waals surface area contributed by atoms with Crippen LogP contribution in [-0.4, -0.2) is 163 Å². The van der Waals surface area contributed by atoms with Gasteiger partial charge in [-0.05, 0) is 248 Å². The molecule has 15 rings (SSSR count). The van der Waals surface area contributed by atoms with Crippen molar-refractivity contribution in [3.8, 4) is 0 Å². The number of fused-ring (bicyclic) bond motifs is 5. The van der Waals surface area contributed by atoms with E-state index in [2.05, 4.69) is 160 Å². The number of aliphatic hydroxyl groups is 2. The summed E-state index contributed by atoms with van der Waals surface area (Å²) in [5, 5.41) is 28.3. The Bertz CT molecular complexity index is 5540. The number of carbonyl (C=O) groups is 5. The Morgan fingerprint density at radius 3 is 0.992 bits per heavy atom. The molecule has 0 bridgehead atoms. The van der Waals surface area contributed by atoms with Crippen LogP contribution in [0.1, 0.15) is 220 Å². The minimum atomic E-state index is -0.375. The summed E-state index contributed by atoms with van der Waals surface area (Å²) in [7, 11) is 0. The molecular formula is C101H125ClN10O12. The molecule has 6 aromatic carbocycles. The smallest absolute Gasteiger partial charge is 0.341 e. The zero-order valence-electron chi connectivity index (χ0n) is 75.8. The average molecular weight is 1710 g/mol.